The molecule has 6 rings (SSSR count). The Labute approximate surface area is 264 Å². The second kappa shape index (κ2) is 13.7. The van der Waals surface area contributed by atoms with Crippen LogP contribution in [0.4, 0.5) is 29.2 Å². The summed E-state index contributed by atoms with van der Waals surface area (Å²) in [7, 11) is -4.00. The van der Waals surface area contributed by atoms with E-state index in [1.165, 1.54) is 16.8 Å². The Morgan fingerprint density at radius 2 is 1.69 bits per heavy atom. The highest BCUT2D eigenvalue weighted by Crippen LogP contribution is 2.36. The second-order valence-electron chi connectivity index (χ2n) is 11.7. The number of sulfonamides is 1. The maximum atomic E-state index is 13.9. The zero-order valence-corrected chi connectivity index (χ0v) is 26.3. The molecule has 0 amide bonds. The van der Waals surface area contributed by atoms with Crippen molar-refractivity contribution in [2.75, 3.05) is 46.0 Å². The number of aromatic nitrogens is 3. The van der Waals surface area contributed by atoms with Crippen molar-refractivity contribution >= 4 is 39.2 Å². The molecule has 1 atom stereocenters. The number of aryl methyl sites for hydroxylation is 1. The molecule has 2 saturated heterocycles. The third kappa shape index (κ3) is 7.46. The van der Waals surface area contributed by atoms with Gasteiger partial charge in [-0.2, -0.15) is 15.0 Å². The molecule has 2 fully saturated rings. The van der Waals surface area contributed by atoms with Crippen LogP contribution in [0.3, 0.4) is 0 Å². The van der Waals surface area contributed by atoms with Crippen molar-refractivity contribution in [3.05, 3.63) is 83.9 Å². The van der Waals surface area contributed by atoms with Crippen molar-refractivity contribution in [2.24, 2.45) is 0 Å². The van der Waals surface area contributed by atoms with Crippen LogP contribution < -0.4 is 25.2 Å². The monoisotopic (exact) mass is 628 g/mol. The molecule has 1 unspecified atom stereocenters. The molecule has 4 N–H and O–H groups in total. The summed E-state index contributed by atoms with van der Waals surface area (Å²) in [6, 6.07) is 21.1. The van der Waals surface area contributed by atoms with Gasteiger partial charge in [-0.1, -0.05) is 48.0 Å². The number of piperidine rings is 2. The standard InChI is InChI=1S/C33H40N8O3S/c1-24-12-15-28(16-13-24)45(43,44)41(23-25-9-4-2-5-10-25)29-17-14-26(21-30(29)42)35-31-37-32(36-27-11-8-18-34-22-27)39-33(38-31)40-19-6-3-7-20-40/h2,4-5,9-10,12-17,21,27,34,42H,3,6-8,11,18-20,22-23H2,1H3,(H2,35,36,37,38,39). The Hall–Kier alpha value is -4.42. The van der Waals surface area contributed by atoms with Crippen LogP contribution >= 0.6 is 0 Å². The van der Waals surface area contributed by atoms with Gasteiger partial charge < -0.3 is 26.0 Å². The van der Waals surface area contributed by atoms with E-state index < -0.39 is 10.0 Å². The van der Waals surface area contributed by atoms with Crippen molar-refractivity contribution in [1.29, 1.82) is 0 Å². The van der Waals surface area contributed by atoms with E-state index in [1.54, 1.807) is 36.4 Å². The molecule has 4 aromatic rings. The minimum Gasteiger partial charge on any atom is -0.506 e. The summed E-state index contributed by atoms with van der Waals surface area (Å²) < 4.78 is 29.1. The molecule has 0 radical (unpaired) electrons. The van der Waals surface area contributed by atoms with Gasteiger partial charge in [0.25, 0.3) is 10.0 Å². The van der Waals surface area contributed by atoms with Crippen molar-refractivity contribution < 1.29 is 13.5 Å². The van der Waals surface area contributed by atoms with Gasteiger partial charge in [0.1, 0.15) is 5.75 Å². The second-order valence-corrected chi connectivity index (χ2v) is 13.5. The first-order chi connectivity index (χ1) is 21.8. The molecule has 3 aromatic carbocycles. The van der Waals surface area contributed by atoms with Crippen LogP contribution in [0.25, 0.3) is 0 Å². The summed E-state index contributed by atoms with van der Waals surface area (Å²) in [6.07, 6.45) is 5.48. The average Bonchev–Trinajstić information content (AvgIpc) is 3.05. The van der Waals surface area contributed by atoms with Crippen LogP contribution in [0.15, 0.2) is 77.7 Å². The number of nitrogens with one attached hydrogen (secondary N) is 3. The number of hydrogen-bond acceptors (Lipinski definition) is 10. The predicted octanol–water partition coefficient (Wildman–Crippen LogP) is 5.18. The molecule has 1 aromatic heterocycles. The van der Waals surface area contributed by atoms with E-state index in [0.29, 0.717) is 23.5 Å². The molecule has 11 nitrogen and oxygen atoms in total. The number of rotatable bonds is 10. The van der Waals surface area contributed by atoms with E-state index in [-0.39, 0.29) is 28.9 Å². The Balaban J connectivity index is 1.30. The number of phenols is 1. The summed E-state index contributed by atoms with van der Waals surface area (Å²) in [5, 5.41) is 21.4. The largest absolute Gasteiger partial charge is 0.506 e. The molecular formula is C33H40N8O3S. The van der Waals surface area contributed by atoms with E-state index in [9.17, 15) is 13.5 Å². The Morgan fingerprint density at radius 1 is 0.933 bits per heavy atom. The highest BCUT2D eigenvalue weighted by atomic mass is 32.2. The third-order valence-corrected chi connectivity index (χ3v) is 9.94. The van der Waals surface area contributed by atoms with E-state index >= 15 is 0 Å². The maximum Gasteiger partial charge on any atom is 0.264 e. The molecule has 0 spiro atoms. The molecule has 0 bridgehead atoms. The summed E-state index contributed by atoms with van der Waals surface area (Å²) in [4.78, 5) is 16.5. The van der Waals surface area contributed by atoms with Crippen LogP contribution in [0.5, 0.6) is 5.75 Å². The number of aromatic hydroxyl groups is 1. The zero-order valence-electron chi connectivity index (χ0n) is 25.5. The molecular weight excluding hydrogens is 588 g/mol. The van der Waals surface area contributed by atoms with Crippen molar-refractivity contribution in [3.8, 4) is 5.75 Å². The smallest absolute Gasteiger partial charge is 0.264 e. The van der Waals surface area contributed by atoms with Gasteiger partial charge in [0.15, 0.2) is 0 Å². The molecule has 45 heavy (non-hydrogen) atoms. The fourth-order valence-electron chi connectivity index (χ4n) is 5.71. The van der Waals surface area contributed by atoms with Crippen molar-refractivity contribution in [1.82, 2.24) is 20.3 Å². The van der Waals surface area contributed by atoms with Crippen LogP contribution in [-0.2, 0) is 16.6 Å². The van der Waals surface area contributed by atoms with Crippen molar-refractivity contribution in [2.45, 2.75) is 56.5 Å². The third-order valence-electron chi connectivity index (χ3n) is 8.17. The lowest BCUT2D eigenvalue weighted by Gasteiger charge is -2.28. The Bertz CT molecular complexity index is 1690. The van der Waals surface area contributed by atoms with Gasteiger partial charge in [-0.05, 0) is 75.4 Å². The Morgan fingerprint density at radius 3 is 2.40 bits per heavy atom. The fraction of sp³-hybridized carbons (Fsp3) is 0.364. The number of hydrogen-bond donors (Lipinski definition) is 4. The lowest BCUT2D eigenvalue weighted by molar-refractivity contribution is 0.475. The first-order valence-electron chi connectivity index (χ1n) is 15.6. The van der Waals surface area contributed by atoms with E-state index in [2.05, 4.69) is 25.8 Å². The maximum absolute atomic E-state index is 13.9. The predicted molar refractivity (Wildman–Crippen MR) is 178 cm³/mol. The van der Waals surface area contributed by atoms with E-state index in [0.717, 1.165) is 63.0 Å². The highest BCUT2D eigenvalue weighted by Gasteiger charge is 2.28. The quantitative estimate of drug-likeness (QED) is 0.186. The van der Waals surface area contributed by atoms with Crippen molar-refractivity contribution in [3.63, 3.8) is 0 Å². The molecule has 12 heteroatoms. The summed E-state index contributed by atoms with van der Waals surface area (Å²) in [5.74, 6) is 1.26. The van der Waals surface area contributed by atoms with Crippen LogP contribution in [0, 0.1) is 6.92 Å². The van der Waals surface area contributed by atoms with Gasteiger partial charge in [-0.25, -0.2) is 8.42 Å². The van der Waals surface area contributed by atoms with Gasteiger partial charge in [0.2, 0.25) is 17.8 Å². The normalized spacial score (nSPS) is 17.1. The number of nitrogens with zero attached hydrogens (tertiary/aromatic N) is 5. The molecule has 236 valence electrons. The van der Waals surface area contributed by atoms with Crippen LogP contribution in [0.2, 0.25) is 0 Å². The first kappa shape index (κ1) is 30.6. The lowest BCUT2D eigenvalue weighted by Crippen LogP contribution is -2.39. The van der Waals surface area contributed by atoms with Gasteiger partial charge in [-0.15, -0.1) is 0 Å². The number of benzene rings is 3. The summed E-state index contributed by atoms with van der Waals surface area (Å²) in [5.41, 5.74) is 2.43. The molecule has 2 aliphatic rings. The van der Waals surface area contributed by atoms with Gasteiger partial charge >= 0.3 is 0 Å². The minimum atomic E-state index is -4.00. The first-order valence-corrected chi connectivity index (χ1v) is 17.0. The lowest BCUT2D eigenvalue weighted by atomic mass is 10.1. The zero-order chi connectivity index (χ0) is 31.2. The van der Waals surface area contributed by atoms with Crippen LogP contribution in [0.1, 0.15) is 43.2 Å². The van der Waals surface area contributed by atoms with Gasteiger partial charge in [-0.3, -0.25) is 4.31 Å². The van der Waals surface area contributed by atoms with Gasteiger partial charge in [0, 0.05) is 37.4 Å². The summed E-state index contributed by atoms with van der Waals surface area (Å²) >= 11 is 0. The van der Waals surface area contributed by atoms with E-state index in [4.69, 9.17) is 9.97 Å². The van der Waals surface area contributed by atoms with Crippen LogP contribution in [-0.4, -0.2) is 60.7 Å². The average molecular weight is 629 g/mol. The fourth-order valence-corrected chi connectivity index (χ4v) is 7.17. The Kier molecular flexibility index (Phi) is 9.31. The molecule has 3 heterocycles. The van der Waals surface area contributed by atoms with E-state index in [1.807, 2.05) is 37.3 Å². The highest BCUT2D eigenvalue weighted by molar-refractivity contribution is 7.92. The van der Waals surface area contributed by atoms with Gasteiger partial charge in [0.05, 0.1) is 17.1 Å². The molecule has 0 aliphatic carbocycles. The number of phenolic OH excluding ortho intramolecular Hbond substituents is 1. The minimum absolute atomic E-state index is 0.0507. The molecule has 0 saturated carbocycles. The number of anilines is 5. The molecule has 2 aliphatic heterocycles. The topological polar surface area (TPSA) is 136 Å². The summed E-state index contributed by atoms with van der Waals surface area (Å²) in [6.45, 7) is 5.58. The SMILES string of the molecule is Cc1ccc(S(=O)(=O)N(Cc2ccccc2)c2ccc(Nc3nc(NC4CCCNC4)nc(N4CCCCC4)n3)cc2O)cc1.